The second kappa shape index (κ2) is 5.91. The first-order valence-electron chi connectivity index (χ1n) is 5.88. The molecule has 1 aromatic carbocycles. The van der Waals surface area contributed by atoms with Crippen LogP contribution in [0.5, 0.6) is 0 Å². The Hall–Kier alpha value is -1.49. The van der Waals surface area contributed by atoms with Crippen LogP contribution in [0.1, 0.15) is 32.3 Å². The van der Waals surface area contributed by atoms with Gasteiger partial charge in [-0.3, -0.25) is 4.79 Å². The molecule has 0 saturated heterocycles. The molecule has 0 saturated carbocycles. The molecule has 0 bridgehead atoms. The van der Waals surface area contributed by atoms with E-state index in [1.807, 2.05) is 6.92 Å². The molecular formula is C13H18F2N2O. The fraction of sp³-hybridized carbons (Fsp3) is 0.462. The summed E-state index contributed by atoms with van der Waals surface area (Å²) in [5.41, 5.74) is 4.52. The molecule has 5 heteroatoms. The van der Waals surface area contributed by atoms with E-state index in [2.05, 4.69) is 5.32 Å². The molecule has 3 N–H and O–H groups in total. The number of nitrogens with one attached hydrogen (secondary N) is 1. The maximum Gasteiger partial charge on any atom is 0.219 e. The highest BCUT2D eigenvalue weighted by molar-refractivity contribution is 5.75. The van der Waals surface area contributed by atoms with E-state index in [4.69, 9.17) is 5.73 Å². The third kappa shape index (κ3) is 3.50. The minimum Gasteiger partial charge on any atom is -0.370 e. The largest absolute Gasteiger partial charge is 0.370 e. The van der Waals surface area contributed by atoms with Gasteiger partial charge in [0.2, 0.25) is 5.91 Å². The molecule has 1 unspecified atom stereocenters. The van der Waals surface area contributed by atoms with Gasteiger partial charge in [-0.25, -0.2) is 8.78 Å². The molecule has 0 aliphatic heterocycles. The van der Waals surface area contributed by atoms with Crippen molar-refractivity contribution in [2.45, 2.75) is 32.2 Å². The van der Waals surface area contributed by atoms with Gasteiger partial charge in [-0.05, 0) is 26.0 Å². The Kier molecular flexibility index (Phi) is 4.78. The molecule has 18 heavy (non-hydrogen) atoms. The zero-order valence-electron chi connectivity index (χ0n) is 10.6. The Morgan fingerprint density at radius 2 is 2.11 bits per heavy atom. The van der Waals surface area contributed by atoms with Gasteiger partial charge in [0.15, 0.2) is 0 Å². The number of carbonyl (C=O) groups is 1. The van der Waals surface area contributed by atoms with Gasteiger partial charge in [-0.15, -0.1) is 0 Å². The maximum absolute atomic E-state index is 13.8. The third-order valence-electron chi connectivity index (χ3n) is 2.82. The average molecular weight is 256 g/mol. The highest BCUT2D eigenvalue weighted by Gasteiger charge is 2.30. The fourth-order valence-corrected chi connectivity index (χ4v) is 1.94. The lowest BCUT2D eigenvalue weighted by Gasteiger charge is -2.30. The van der Waals surface area contributed by atoms with E-state index in [0.717, 1.165) is 12.5 Å². The quantitative estimate of drug-likeness (QED) is 0.818. The van der Waals surface area contributed by atoms with Crippen LogP contribution in [0.4, 0.5) is 8.78 Å². The minimum atomic E-state index is -0.917. The molecule has 1 amide bonds. The summed E-state index contributed by atoms with van der Waals surface area (Å²) in [7, 11) is 0. The van der Waals surface area contributed by atoms with E-state index in [9.17, 15) is 13.6 Å². The molecular weight excluding hydrogens is 238 g/mol. The van der Waals surface area contributed by atoms with Crippen LogP contribution in [0.25, 0.3) is 0 Å². The van der Waals surface area contributed by atoms with Crippen molar-refractivity contribution in [2.24, 2.45) is 5.73 Å². The number of primary amides is 1. The van der Waals surface area contributed by atoms with Gasteiger partial charge in [-0.2, -0.15) is 0 Å². The lowest BCUT2D eigenvalue weighted by molar-refractivity contribution is -0.119. The van der Waals surface area contributed by atoms with E-state index in [0.29, 0.717) is 6.54 Å². The zero-order chi connectivity index (χ0) is 13.8. The standard InChI is InChI=1S/C13H18F2N2O/c1-3-6-17-13(2,8-12(16)18)10-5-4-9(14)7-11(10)15/h4-5,7,17H,3,6,8H2,1-2H3,(H2,16,18). The molecule has 1 rings (SSSR count). The summed E-state index contributed by atoms with van der Waals surface area (Å²) in [6, 6.07) is 3.32. The number of hydrogen-bond donors (Lipinski definition) is 2. The average Bonchev–Trinajstić information content (AvgIpc) is 2.25. The van der Waals surface area contributed by atoms with Crippen molar-refractivity contribution < 1.29 is 13.6 Å². The highest BCUT2D eigenvalue weighted by Crippen LogP contribution is 2.27. The Balaban J connectivity index is 3.11. The van der Waals surface area contributed by atoms with Crippen LogP contribution in [0, 0.1) is 11.6 Å². The highest BCUT2D eigenvalue weighted by atomic mass is 19.1. The van der Waals surface area contributed by atoms with Crippen LogP contribution >= 0.6 is 0 Å². The summed E-state index contributed by atoms with van der Waals surface area (Å²) in [5, 5.41) is 3.09. The molecule has 0 aromatic heterocycles. The number of halogens is 2. The minimum absolute atomic E-state index is 0.0461. The van der Waals surface area contributed by atoms with Crippen molar-refractivity contribution >= 4 is 5.91 Å². The van der Waals surface area contributed by atoms with Crippen molar-refractivity contribution in [3.63, 3.8) is 0 Å². The molecule has 0 aliphatic rings. The first kappa shape index (κ1) is 14.6. The van der Waals surface area contributed by atoms with Crippen molar-refractivity contribution in [2.75, 3.05) is 6.54 Å². The summed E-state index contributed by atoms with van der Waals surface area (Å²) >= 11 is 0. The van der Waals surface area contributed by atoms with Crippen molar-refractivity contribution in [1.82, 2.24) is 5.32 Å². The Labute approximate surface area is 105 Å². The zero-order valence-corrected chi connectivity index (χ0v) is 10.6. The van der Waals surface area contributed by atoms with Crippen LogP contribution in [-0.2, 0) is 10.3 Å². The van der Waals surface area contributed by atoms with Gasteiger partial charge in [0.25, 0.3) is 0 Å². The number of nitrogens with two attached hydrogens (primary N) is 1. The number of amides is 1. The first-order valence-corrected chi connectivity index (χ1v) is 5.88. The molecule has 0 fully saturated rings. The van der Waals surface area contributed by atoms with Gasteiger partial charge in [0, 0.05) is 18.1 Å². The molecule has 1 atom stereocenters. The summed E-state index contributed by atoms with van der Waals surface area (Å²) in [6.07, 6.45) is 0.784. The summed E-state index contributed by atoms with van der Waals surface area (Å²) < 4.78 is 26.7. The molecule has 0 radical (unpaired) electrons. The molecule has 0 heterocycles. The van der Waals surface area contributed by atoms with E-state index >= 15 is 0 Å². The third-order valence-corrected chi connectivity index (χ3v) is 2.82. The topological polar surface area (TPSA) is 55.1 Å². The smallest absolute Gasteiger partial charge is 0.219 e. The number of rotatable bonds is 6. The monoisotopic (exact) mass is 256 g/mol. The lowest BCUT2D eigenvalue weighted by Crippen LogP contribution is -2.43. The fourth-order valence-electron chi connectivity index (χ4n) is 1.94. The van der Waals surface area contributed by atoms with E-state index in [-0.39, 0.29) is 12.0 Å². The Morgan fingerprint density at radius 1 is 1.44 bits per heavy atom. The van der Waals surface area contributed by atoms with Gasteiger partial charge in [0.1, 0.15) is 11.6 Å². The first-order chi connectivity index (χ1) is 8.39. The van der Waals surface area contributed by atoms with Gasteiger partial charge >= 0.3 is 0 Å². The molecule has 100 valence electrons. The molecule has 0 aliphatic carbocycles. The van der Waals surface area contributed by atoms with Crippen LogP contribution in [0.2, 0.25) is 0 Å². The second-order valence-corrected chi connectivity index (χ2v) is 4.53. The number of hydrogen-bond acceptors (Lipinski definition) is 2. The Bertz CT molecular complexity index is 437. The predicted octanol–water partition coefficient (Wildman–Crippen LogP) is 2.05. The van der Waals surface area contributed by atoms with E-state index < -0.39 is 23.1 Å². The van der Waals surface area contributed by atoms with Crippen LogP contribution in [0.3, 0.4) is 0 Å². The van der Waals surface area contributed by atoms with Gasteiger partial charge in [-0.1, -0.05) is 13.0 Å². The van der Waals surface area contributed by atoms with Crippen LogP contribution in [0.15, 0.2) is 18.2 Å². The van der Waals surface area contributed by atoms with Crippen molar-refractivity contribution in [3.05, 3.63) is 35.4 Å². The van der Waals surface area contributed by atoms with Gasteiger partial charge < -0.3 is 11.1 Å². The molecule has 0 spiro atoms. The summed E-state index contributed by atoms with van der Waals surface area (Å²) in [4.78, 5) is 11.1. The number of carbonyl (C=O) groups excluding carboxylic acids is 1. The Morgan fingerprint density at radius 3 is 2.61 bits per heavy atom. The van der Waals surface area contributed by atoms with Crippen molar-refractivity contribution in [3.8, 4) is 0 Å². The summed E-state index contributed by atoms with van der Waals surface area (Å²) in [5.74, 6) is -1.86. The SMILES string of the molecule is CCCNC(C)(CC(N)=O)c1ccc(F)cc1F. The van der Waals surface area contributed by atoms with Crippen LogP contribution < -0.4 is 11.1 Å². The predicted molar refractivity (Wildman–Crippen MR) is 65.8 cm³/mol. The van der Waals surface area contributed by atoms with E-state index in [1.54, 1.807) is 6.92 Å². The lowest BCUT2D eigenvalue weighted by atomic mass is 9.87. The van der Waals surface area contributed by atoms with Crippen LogP contribution in [-0.4, -0.2) is 12.5 Å². The number of benzene rings is 1. The second-order valence-electron chi connectivity index (χ2n) is 4.53. The maximum atomic E-state index is 13.8. The van der Waals surface area contributed by atoms with Crippen molar-refractivity contribution in [1.29, 1.82) is 0 Å². The van der Waals surface area contributed by atoms with E-state index in [1.165, 1.54) is 12.1 Å². The molecule has 3 nitrogen and oxygen atoms in total. The van der Waals surface area contributed by atoms with Gasteiger partial charge in [0.05, 0.1) is 5.54 Å². The normalized spacial score (nSPS) is 14.2. The molecule has 1 aromatic rings. The summed E-state index contributed by atoms with van der Waals surface area (Å²) in [6.45, 7) is 4.25.